The highest BCUT2D eigenvalue weighted by atomic mass is 19.1. The van der Waals surface area contributed by atoms with Gasteiger partial charge in [-0.1, -0.05) is 0 Å². The number of nitrogens with one attached hydrogen (secondary N) is 1. The number of methoxy groups -OCH3 is 2. The first-order chi connectivity index (χ1) is 12.5. The van der Waals surface area contributed by atoms with E-state index >= 15 is 0 Å². The van der Waals surface area contributed by atoms with Crippen molar-refractivity contribution >= 4 is 11.7 Å². The van der Waals surface area contributed by atoms with E-state index in [4.69, 9.17) is 9.47 Å². The van der Waals surface area contributed by atoms with Gasteiger partial charge in [0.1, 0.15) is 5.82 Å². The van der Waals surface area contributed by atoms with Gasteiger partial charge in [-0.05, 0) is 37.6 Å². The molecule has 0 amide bonds. The maximum Gasteiger partial charge on any atom is 0.311 e. The topological polar surface area (TPSA) is 85.7 Å². The van der Waals surface area contributed by atoms with Crippen molar-refractivity contribution in [3.8, 4) is 5.69 Å². The second-order valence-electron chi connectivity index (χ2n) is 5.65. The van der Waals surface area contributed by atoms with Gasteiger partial charge in [-0.2, -0.15) is 0 Å². The quantitative estimate of drug-likeness (QED) is 0.441. The van der Waals surface area contributed by atoms with Crippen LogP contribution in [0.2, 0.25) is 0 Å². The molecule has 26 heavy (non-hydrogen) atoms. The molecular weight excluding hydrogens is 341 g/mol. The average Bonchev–Trinajstić information content (AvgIpc) is 2.95. The fourth-order valence-corrected chi connectivity index (χ4v) is 2.51. The Hall–Kier alpha value is -2.74. The van der Waals surface area contributed by atoms with E-state index in [-0.39, 0.29) is 12.0 Å². The molecule has 8 heteroatoms. The summed E-state index contributed by atoms with van der Waals surface area (Å²) in [5.74, 6) is -0.884. The molecule has 1 heterocycles. The molecule has 0 saturated heterocycles. The summed E-state index contributed by atoms with van der Waals surface area (Å²) < 4.78 is 24.1. The number of hydrogen-bond donors (Lipinski definition) is 1. The number of carbonyl (C=O) groups excluding carboxylic acids is 1. The van der Waals surface area contributed by atoms with Crippen LogP contribution in [0.1, 0.15) is 24.6 Å². The van der Waals surface area contributed by atoms with Crippen molar-refractivity contribution in [2.45, 2.75) is 19.8 Å². The lowest BCUT2D eigenvalue weighted by atomic mass is 10.1. The molecule has 0 aliphatic rings. The summed E-state index contributed by atoms with van der Waals surface area (Å²) in [4.78, 5) is 29.0. The van der Waals surface area contributed by atoms with Crippen molar-refractivity contribution in [3.05, 3.63) is 51.7 Å². The number of rotatable bonds is 8. The number of nitrogens with zero attached hydrogens (tertiary/aromatic N) is 2. The van der Waals surface area contributed by atoms with E-state index in [0.29, 0.717) is 35.8 Å². The van der Waals surface area contributed by atoms with Crippen molar-refractivity contribution < 1.29 is 18.7 Å². The molecule has 0 radical (unpaired) electrons. The second kappa shape index (κ2) is 9.10. The van der Waals surface area contributed by atoms with E-state index in [0.717, 1.165) is 6.42 Å². The minimum absolute atomic E-state index is 0.0970. The van der Waals surface area contributed by atoms with E-state index in [1.165, 1.54) is 36.1 Å². The van der Waals surface area contributed by atoms with Crippen LogP contribution in [0.25, 0.3) is 5.69 Å². The molecule has 7 nitrogen and oxygen atoms in total. The van der Waals surface area contributed by atoms with Gasteiger partial charge < -0.3 is 9.47 Å². The molecule has 0 spiro atoms. The van der Waals surface area contributed by atoms with Crippen LogP contribution in [0.3, 0.4) is 0 Å². The van der Waals surface area contributed by atoms with Crippen molar-refractivity contribution in [2.24, 2.45) is 4.99 Å². The Morgan fingerprint density at radius 3 is 2.58 bits per heavy atom. The summed E-state index contributed by atoms with van der Waals surface area (Å²) in [7, 11) is 2.89. The summed E-state index contributed by atoms with van der Waals surface area (Å²) in [6.07, 6.45) is 0.622. The Morgan fingerprint density at radius 2 is 1.96 bits per heavy atom. The number of hydrogen-bond acceptors (Lipinski definition) is 5. The van der Waals surface area contributed by atoms with Gasteiger partial charge in [0.25, 0.3) is 5.56 Å². The minimum atomic E-state index is -0.481. The molecule has 1 N–H and O–H groups in total. The Bertz CT molecular complexity index is 837. The Labute approximate surface area is 150 Å². The molecule has 0 fully saturated rings. The summed E-state index contributed by atoms with van der Waals surface area (Å²) in [6, 6.07) is 5.47. The Kier molecular flexibility index (Phi) is 6.85. The molecule has 1 aromatic heterocycles. The molecule has 0 aliphatic carbocycles. The number of carbonyl (C=O) groups is 1. The summed E-state index contributed by atoms with van der Waals surface area (Å²) in [5.41, 5.74) is 1.34. The first kappa shape index (κ1) is 19.6. The number of halogens is 1. The number of benzene rings is 1. The lowest BCUT2D eigenvalue weighted by Gasteiger charge is -2.02. The van der Waals surface area contributed by atoms with Crippen LogP contribution in [-0.4, -0.2) is 48.8 Å². The fourth-order valence-electron chi connectivity index (χ4n) is 2.51. The number of esters is 1. The maximum atomic E-state index is 13.1. The van der Waals surface area contributed by atoms with Gasteiger partial charge in [0, 0.05) is 26.0 Å². The molecular formula is C18H22FN3O4. The highest BCUT2D eigenvalue weighted by Gasteiger charge is 2.20. The number of H-pyrrole nitrogens is 1. The van der Waals surface area contributed by atoms with Crippen LogP contribution in [-0.2, 0) is 20.7 Å². The Morgan fingerprint density at radius 1 is 1.27 bits per heavy atom. The van der Waals surface area contributed by atoms with Gasteiger partial charge in [0.2, 0.25) is 0 Å². The average molecular weight is 363 g/mol. The normalized spacial score (nSPS) is 11.6. The van der Waals surface area contributed by atoms with Crippen LogP contribution < -0.4 is 5.56 Å². The molecule has 0 saturated carbocycles. The summed E-state index contributed by atoms with van der Waals surface area (Å²) >= 11 is 0. The molecule has 1 aromatic carbocycles. The van der Waals surface area contributed by atoms with Crippen molar-refractivity contribution in [3.63, 3.8) is 0 Å². The van der Waals surface area contributed by atoms with Crippen LogP contribution in [0.5, 0.6) is 0 Å². The highest BCUT2D eigenvalue weighted by molar-refractivity contribution is 6.00. The van der Waals surface area contributed by atoms with E-state index in [1.54, 1.807) is 14.0 Å². The van der Waals surface area contributed by atoms with Gasteiger partial charge >= 0.3 is 5.97 Å². The number of ether oxygens (including phenoxy) is 2. The SMILES string of the molecule is COCCCN=C(C)c1c(CC(=O)OC)[nH]n(-c2ccc(F)cc2)c1=O. The Balaban J connectivity index is 2.45. The van der Waals surface area contributed by atoms with E-state index in [2.05, 4.69) is 10.1 Å². The van der Waals surface area contributed by atoms with Crippen LogP contribution in [0.4, 0.5) is 4.39 Å². The zero-order valence-electron chi connectivity index (χ0n) is 15.0. The molecule has 0 aliphatic heterocycles. The smallest absolute Gasteiger partial charge is 0.311 e. The molecule has 2 rings (SSSR count). The molecule has 140 valence electrons. The molecule has 2 aromatic rings. The van der Waals surface area contributed by atoms with Gasteiger partial charge in [0.15, 0.2) is 0 Å². The van der Waals surface area contributed by atoms with Crippen LogP contribution >= 0.6 is 0 Å². The third-order valence-electron chi connectivity index (χ3n) is 3.82. The minimum Gasteiger partial charge on any atom is -0.469 e. The number of aromatic amines is 1. The third-order valence-corrected chi connectivity index (χ3v) is 3.82. The summed E-state index contributed by atoms with van der Waals surface area (Å²) in [5, 5.41) is 2.91. The van der Waals surface area contributed by atoms with Crippen molar-refractivity contribution in [1.29, 1.82) is 0 Å². The monoisotopic (exact) mass is 363 g/mol. The number of aromatic nitrogens is 2. The van der Waals surface area contributed by atoms with Gasteiger partial charge in [-0.15, -0.1) is 0 Å². The third kappa shape index (κ3) is 4.66. The predicted molar refractivity (Wildman–Crippen MR) is 95.6 cm³/mol. The van der Waals surface area contributed by atoms with Gasteiger partial charge in [-0.3, -0.25) is 19.7 Å². The lowest BCUT2D eigenvalue weighted by molar-refractivity contribution is -0.139. The van der Waals surface area contributed by atoms with Crippen molar-refractivity contribution in [2.75, 3.05) is 27.4 Å². The summed E-state index contributed by atoms with van der Waals surface area (Å²) in [6.45, 7) is 2.78. The molecule has 0 unspecified atom stereocenters. The van der Waals surface area contributed by atoms with Crippen molar-refractivity contribution in [1.82, 2.24) is 9.78 Å². The largest absolute Gasteiger partial charge is 0.469 e. The van der Waals surface area contributed by atoms with E-state index < -0.39 is 11.8 Å². The molecule has 0 bridgehead atoms. The second-order valence-corrected chi connectivity index (χ2v) is 5.65. The fraction of sp³-hybridized carbons (Fsp3) is 0.389. The highest BCUT2D eigenvalue weighted by Crippen LogP contribution is 2.11. The molecule has 0 atom stereocenters. The number of aliphatic imine (C=N–C) groups is 1. The first-order valence-electron chi connectivity index (χ1n) is 8.15. The van der Waals surface area contributed by atoms with E-state index in [9.17, 15) is 14.0 Å². The van der Waals surface area contributed by atoms with Crippen LogP contribution in [0, 0.1) is 5.82 Å². The zero-order valence-corrected chi connectivity index (χ0v) is 15.0. The lowest BCUT2D eigenvalue weighted by Crippen LogP contribution is -2.20. The van der Waals surface area contributed by atoms with Crippen LogP contribution in [0.15, 0.2) is 34.1 Å². The predicted octanol–water partition coefficient (Wildman–Crippen LogP) is 1.87. The maximum absolute atomic E-state index is 13.1. The van der Waals surface area contributed by atoms with Gasteiger partial charge in [0.05, 0.1) is 30.5 Å². The van der Waals surface area contributed by atoms with E-state index in [1.807, 2.05) is 0 Å². The standard InChI is InChI=1S/C18H22FN3O4/c1-12(20-9-4-10-25-2)17-15(11-16(23)26-3)21-22(18(17)24)14-7-5-13(19)6-8-14/h5-8,21H,4,9-11H2,1-3H3. The van der Waals surface area contributed by atoms with Gasteiger partial charge in [-0.25, -0.2) is 9.07 Å². The first-order valence-corrected chi connectivity index (χ1v) is 8.15. The zero-order chi connectivity index (χ0) is 19.1.